The Kier molecular flexibility index (Phi) is 11.1. The van der Waals surface area contributed by atoms with E-state index in [1.807, 2.05) is 54.6 Å². The molecular weight excluding hydrogens is 524 g/mol. The van der Waals surface area contributed by atoms with E-state index in [2.05, 4.69) is 16.0 Å². The molecule has 1 heterocycles. The molecule has 3 N–H and O–H groups in total. The molecule has 0 aromatic heterocycles. The number of benzene rings is 2. The third-order valence-corrected chi connectivity index (χ3v) is 6.85. The van der Waals surface area contributed by atoms with Gasteiger partial charge in [0.25, 0.3) is 0 Å². The van der Waals surface area contributed by atoms with Crippen LogP contribution in [0.15, 0.2) is 54.6 Å². The molecule has 0 spiro atoms. The van der Waals surface area contributed by atoms with Crippen molar-refractivity contribution in [1.29, 1.82) is 0 Å². The summed E-state index contributed by atoms with van der Waals surface area (Å²) >= 11 is 0. The number of rotatable bonds is 10. The van der Waals surface area contributed by atoms with E-state index in [-0.39, 0.29) is 30.2 Å². The van der Waals surface area contributed by atoms with Gasteiger partial charge in [-0.2, -0.15) is 0 Å². The molecule has 0 bridgehead atoms. The summed E-state index contributed by atoms with van der Waals surface area (Å²) in [4.78, 5) is 53.2. The van der Waals surface area contributed by atoms with Crippen LogP contribution in [0.25, 0.3) is 0 Å². The molecule has 222 valence electrons. The summed E-state index contributed by atoms with van der Waals surface area (Å²) in [6.45, 7) is 7.96. The molecule has 0 radical (unpaired) electrons. The van der Waals surface area contributed by atoms with E-state index in [9.17, 15) is 19.2 Å². The van der Waals surface area contributed by atoms with Crippen molar-refractivity contribution in [2.75, 3.05) is 20.2 Å². The zero-order valence-electron chi connectivity index (χ0n) is 24.6. The van der Waals surface area contributed by atoms with Gasteiger partial charge in [-0.05, 0) is 52.2 Å². The minimum absolute atomic E-state index is 0.218. The van der Waals surface area contributed by atoms with E-state index in [0.717, 1.165) is 11.1 Å². The van der Waals surface area contributed by atoms with Crippen LogP contribution < -0.4 is 20.7 Å². The summed E-state index contributed by atoms with van der Waals surface area (Å²) in [5.74, 6) is -0.380. The molecule has 2 aromatic rings. The van der Waals surface area contributed by atoms with Gasteiger partial charge >= 0.3 is 6.09 Å². The summed E-state index contributed by atoms with van der Waals surface area (Å²) < 4.78 is 10.7. The maximum Gasteiger partial charge on any atom is 0.408 e. The Morgan fingerprint density at radius 2 is 1.59 bits per heavy atom. The second-order valence-electron chi connectivity index (χ2n) is 11.2. The number of methoxy groups -OCH3 is 1. The highest BCUT2D eigenvalue weighted by Crippen LogP contribution is 2.20. The normalized spacial score (nSPS) is 15.3. The SMILES string of the molecule is COc1ccccc1CNC(=O)C(C)NC(=O)C1CCN(C(=O)C(Cc2ccccc2)NC(=O)OC(C)(C)C)CC1. The molecule has 1 aliphatic heterocycles. The van der Waals surface area contributed by atoms with Crippen LogP contribution in [-0.4, -0.2) is 66.6 Å². The Morgan fingerprint density at radius 3 is 2.22 bits per heavy atom. The van der Waals surface area contributed by atoms with Crippen molar-refractivity contribution in [3.05, 3.63) is 65.7 Å². The lowest BCUT2D eigenvalue weighted by atomic mass is 9.94. The van der Waals surface area contributed by atoms with Gasteiger partial charge in [-0.1, -0.05) is 48.5 Å². The predicted octanol–water partition coefficient (Wildman–Crippen LogP) is 3.19. The fourth-order valence-electron chi connectivity index (χ4n) is 4.66. The number of nitrogens with one attached hydrogen (secondary N) is 3. The zero-order chi connectivity index (χ0) is 30.0. The maximum absolute atomic E-state index is 13.5. The van der Waals surface area contributed by atoms with E-state index in [4.69, 9.17) is 9.47 Å². The molecule has 0 saturated carbocycles. The first-order chi connectivity index (χ1) is 19.5. The van der Waals surface area contributed by atoms with Gasteiger partial charge in [-0.3, -0.25) is 14.4 Å². The number of para-hydroxylation sites is 1. The third kappa shape index (κ3) is 9.81. The number of carbonyl (C=O) groups is 4. The van der Waals surface area contributed by atoms with Crippen LogP contribution in [0.4, 0.5) is 4.79 Å². The fraction of sp³-hybridized carbons (Fsp3) is 0.484. The predicted molar refractivity (Wildman–Crippen MR) is 155 cm³/mol. The molecule has 41 heavy (non-hydrogen) atoms. The number of piperidine rings is 1. The van der Waals surface area contributed by atoms with Crippen LogP contribution >= 0.6 is 0 Å². The van der Waals surface area contributed by atoms with Crippen LogP contribution in [0.2, 0.25) is 0 Å². The molecule has 2 unspecified atom stereocenters. The van der Waals surface area contributed by atoms with E-state index in [1.165, 1.54) is 0 Å². The number of amides is 4. The highest BCUT2D eigenvalue weighted by atomic mass is 16.6. The molecule has 10 heteroatoms. The van der Waals surface area contributed by atoms with Gasteiger partial charge < -0.3 is 30.3 Å². The number of alkyl carbamates (subject to hydrolysis) is 1. The van der Waals surface area contributed by atoms with Gasteiger partial charge in [0, 0.05) is 37.5 Å². The Morgan fingerprint density at radius 1 is 0.951 bits per heavy atom. The van der Waals surface area contributed by atoms with Crippen molar-refractivity contribution in [1.82, 2.24) is 20.9 Å². The summed E-state index contributed by atoms with van der Waals surface area (Å²) in [6, 6.07) is 15.4. The molecule has 10 nitrogen and oxygen atoms in total. The van der Waals surface area contributed by atoms with Crippen molar-refractivity contribution in [3.63, 3.8) is 0 Å². The van der Waals surface area contributed by atoms with Crippen LogP contribution in [0.3, 0.4) is 0 Å². The van der Waals surface area contributed by atoms with Crippen molar-refractivity contribution in [2.45, 2.75) is 71.2 Å². The largest absolute Gasteiger partial charge is 0.496 e. The van der Waals surface area contributed by atoms with Gasteiger partial charge in [0.1, 0.15) is 23.4 Å². The summed E-state index contributed by atoms with van der Waals surface area (Å²) in [5.41, 5.74) is 1.05. The van der Waals surface area contributed by atoms with Crippen LogP contribution in [-0.2, 0) is 32.1 Å². The third-order valence-electron chi connectivity index (χ3n) is 6.85. The minimum atomic E-state index is -0.801. The molecule has 0 aliphatic carbocycles. The molecule has 2 aromatic carbocycles. The number of nitrogens with zero attached hydrogens (tertiary/aromatic N) is 1. The maximum atomic E-state index is 13.5. The second kappa shape index (κ2) is 14.5. The first kappa shape index (κ1) is 31.4. The Labute approximate surface area is 242 Å². The zero-order valence-corrected chi connectivity index (χ0v) is 24.6. The van der Waals surface area contributed by atoms with Gasteiger partial charge in [-0.25, -0.2) is 4.79 Å². The van der Waals surface area contributed by atoms with Gasteiger partial charge in [0.05, 0.1) is 7.11 Å². The molecule has 1 fully saturated rings. The van der Waals surface area contributed by atoms with Crippen LogP contribution in [0.1, 0.15) is 51.7 Å². The van der Waals surface area contributed by atoms with E-state index in [1.54, 1.807) is 39.7 Å². The Bertz CT molecular complexity index is 1190. The van der Waals surface area contributed by atoms with E-state index < -0.39 is 23.8 Å². The average molecular weight is 567 g/mol. The lowest BCUT2D eigenvalue weighted by Gasteiger charge is -2.34. The lowest BCUT2D eigenvalue weighted by molar-refractivity contribution is -0.138. The van der Waals surface area contributed by atoms with Crippen molar-refractivity contribution < 1.29 is 28.7 Å². The van der Waals surface area contributed by atoms with Crippen molar-refractivity contribution >= 4 is 23.8 Å². The molecular formula is C31H42N4O6. The molecule has 1 aliphatic rings. The highest BCUT2D eigenvalue weighted by molar-refractivity contribution is 5.89. The fourth-order valence-corrected chi connectivity index (χ4v) is 4.66. The molecule has 2 atom stereocenters. The second-order valence-corrected chi connectivity index (χ2v) is 11.2. The highest BCUT2D eigenvalue weighted by Gasteiger charge is 2.33. The van der Waals surface area contributed by atoms with E-state index in [0.29, 0.717) is 38.1 Å². The van der Waals surface area contributed by atoms with Gasteiger partial charge in [0.2, 0.25) is 17.7 Å². The minimum Gasteiger partial charge on any atom is -0.496 e. The number of hydrogen-bond donors (Lipinski definition) is 3. The smallest absolute Gasteiger partial charge is 0.408 e. The van der Waals surface area contributed by atoms with Crippen LogP contribution in [0, 0.1) is 5.92 Å². The van der Waals surface area contributed by atoms with E-state index >= 15 is 0 Å². The quantitative estimate of drug-likeness (QED) is 0.406. The van der Waals surface area contributed by atoms with Crippen molar-refractivity contribution in [3.8, 4) is 5.75 Å². The summed E-state index contributed by atoms with van der Waals surface area (Å²) in [5, 5.41) is 8.38. The Hall–Kier alpha value is -4.08. The molecule has 3 rings (SSSR count). The molecule has 1 saturated heterocycles. The van der Waals surface area contributed by atoms with Crippen LogP contribution in [0.5, 0.6) is 5.75 Å². The lowest BCUT2D eigenvalue weighted by Crippen LogP contribution is -2.54. The summed E-state index contributed by atoms with van der Waals surface area (Å²) in [7, 11) is 1.57. The van der Waals surface area contributed by atoms with Crippen molar-refractivity contribution in [2.24, 2.45) is 5.92 Å². The standard InChI is InChI=1S/C31H42N4O6/c1-21(27(36)32-20-24-13-9-10-14-26(24)40-5)33-28(37)23-15-17-35(18-16-23)29(38)25(19-22-11-7-6-8-12-22)34-30(39)41-31(2,3)4/h6-14,21,23,25H,15-20H2,1-5H3,(H,32,36)(H,33,37)(H,34,39). The topological polar surface area (TPSA) is 126 Å². The average Bonchev–Trinajstić information content (AvgIpc) is 2.94. The number of hydrogen-bond acceptors (Lipinski definition) is 6. The Balaban J connectivity index is 1.52. The van der Waals surface area contributed by atoms with Gasteiger partial charge in [0.15, 0.2) is 0 Å². The van der Waals surface area contributed by atoms with Gasteiger partial charge in [-0.15, -0.1) is 0 Å². The number of ether oxygens (including phenoxy) is 2. The number of carbonyl (C=O) groups excluding carboxylic acids is 4. The number of likely N-dealkylation sites (tertiary alicyclic amines) is 1. The summed E-state index contributed by atoms with van der Waals surface area (Å²) in [6.07, 6.45) is 0.579. The first-order valence-electron chi connectivity index (χ1n) is 14.0. The monoisotopic (exact) mass is 566 g/mol. The molecule has 4 amide bonds. The first-order valence-corrected chi connectivity index (χ1v) is 14.0.